The van der Waals surface area contributed by atoms with Crippen molar-refractivity contribution in [3.05, 3.63) is 52.7 Å². The van der Waals surface area contributed by atoms with Crippen molar-refractivity contribution in [1.29, 1.82) is 0 Å². The van der Waals surface area contributed by atoms with Gasteiger partial charge >= 0.3 is 0 Å². The van der Waals surface area contributed by atoms with E-state index in [0.717, 1.165) is 30.0 Å². The first-order valence-electron chi connectivity index (χ1n) is 8.11. The number of pyridine rings is 1. The molecule has 0 aliphatic carbocycles. The highest BCUT2D eigenvalue weighted by Crippen LogP contribution is 2.38. The number of carbonyl (C=O) groups excluding carboxylic acids is 1. The fourth-order valence-electron chi connectivity index (χ4n) is 2.77. The number of anilines is 1. The van der Waals surface area contributed by atoms with Gasteiger partial charge in [0.05, 0.1) is 23.2 Å². The summed E-state index contributed by atoms with van der Waals surface area (Å²) in [4.78, 5) is 16.1. The second-order valence-corrected chi connectivity index (χ2v) is 6.04. The number of ether oxygens (including phenoxy) is 1. The van der Waals surface area contributed by atoms with Gasteiger partial charge in [0, 0.05) is 18.3 Å². The molecule has 6 heteroatoms. The summed E-state index contributed by atoms with van der Waals surface area (Å²) in [6, 6.07) is 9.45. The maximum absolute atomic E-state index is 11.8. The summed E-state index contributed by atoms with van der Waals surface area (Å²) in [5.74, 6) is 1.35. The van der Waals surface area contributed by atoms with Gasteiger partial charge in [0.1, 0.15) is 11.6 Å². The zero-order valence-electron chi connectivity index (χ0n) is 13.5. The first-order valence-corrected chi connectivity index (χ1v) is 8.49. The number of halogens is 1. The maximum atomic E-state index is 11.8. The Morgan fingerprint density at radius 1 is 1.38 bits per heavy atom. The Kier molecular flexibility index (Phi) is 5.20. The van der Waals surface area contributed by atoms with E-state index in [1.165, 1.54) is 0 Å². The van der Waals surface area contributed by atoms with Gasteiger partial charge in [-0.3, -0.25) is 4.79 Å². The van der Waals surface area contributed by atoms with Gasteiger partial charge in [0.25, 0.3) is 5.91 Å². The van der Waals surface area contributed by atoms with E-state index >= 15 is 0 Å². The van der Waals surface area contributed by atoms with Crippen LogP contribution in [0.4, 0.5) is 5.82 Å². The Morgan fingerprint density at radius 2 is 2.25 bits per heavy atom. The molecule has 0 saturated carbocycles. The molecule has 1 aliphatic rings. The SMILES string of the molecule is CCNC(=O)c1ccc(NC2CCCOc3c(Cl)cccc32)nc1. The number of fused-ring (bicyclic) bond motifs is 1. The highest BCUT2D eigenvalue weighted by Gasteiger charge is 2.22. The van der Waals surface area contributed by atoms with Crippen molar-refractivity contribution in [2.24, 2.45) is 0 Å². The van der Waals surface area contributed by atoms with Crippen LogP contribution in [0.1, 0.15) is 41.7 Å². The van der Waals surface area contributed by atoms with Gasteiger partial charge in [0.15, 0.2) is 0 Å². The molecule has 0 fully saturated rings. The summed E-state index contributed by atoms with van der Waals surface area (Å²) < 4.78 is 5.78. The van der Waals surface area contributed by atoms with E-state index in [2.05, 4.69) is 15.6 Å². The van der Waals surface area contributed by atoms with E-state index in [9.17, 15) is 4.79 Å². The number of hydrogen-bond donors (Lipinski definition) is 2. The smallest absolute Gasteiger partial charge is 0.252 e. The van der Waals surface area contributed by atoms with Crippen LogP contribution < -0.4 is 15.4 Å². The number of benzene rings is 1. The third-order valence-electron chi connectivity index (χ3n) is 3.94. The van der Waals surface area contributed by atoms with Crippen LogP contribution in [0.3, 0.4) is 0 Å². The first-order chi connectivity index (χ1) is 11.7. The van der Waals surface area contributed by atoms with Crippen molar-refractivity contribution in [3.8, 4) is 5.75 Å². The van der Waals surface area contributed by atoms with E-state index in [4.69, 9.17) is 16.3 Å². The predicted molar refractivity (Wildman–Crippen MR) is 94.8 cm³/mol. The van der Waals surface area contributed by atoms with Gasteiger partial charge in [-0.2, -0.15) is 0 Å². The summed E-state index contributed by atoms with van der Waals surface area (Å²) in [7, 11) is 0. The maximum Gasteiger partial charge on any atom is 0.252 e. The summed E-state index contributed by atoms with van der Waals surface area (Å²) in [6.07, 6.45) is 3.44. The highest BCUT2D eigenvalue weighted by atomic mass is 35.5. The van der Waals surface area contributed by atoms with Crippen LogP contribution >= 0.6 is 11.6 Å². The monoisotopic (exact) mass is 345 g/mol. The van der Waals surface area contributed by atoms with Crippen LogP contribution in [0.5, 0.6) is 5.75 Å². The average Bonchev–Trinajstić information content (AvgIpc) is 2.79. The Labute approximate surface area is 146 Å². The van der Waals surface area contributed by atoms with Crippen LogP contribution in [0.15, 0.2) is 36.5 Å². The molecule has 1 aliphatic heterocycles. The molecule has 1 amide bonds. The lowest BCUT2D eigenvalue weighted by Gasteiger charge is -2.19. The van der Waals surface area contributed by atoms with Crippen molar-refractivity contribution in [3.63, 3.8) is 0 Å². The third-order valence-corrected chi connectivity index (χ3v) is 4.24. The molecule has 0 bridgehead atoms. The molecule has 24 heavy (non-hydrogen) atoms. The summed E-state index contributed by atoms with van der Waals surface area (Å²) in [6.45, 7) is 3.13. The summed E-state index contributed by atoms with van der Waals surface area (Å²) in [5.41, 5.74) is 1.59. The second-order valence-electron chi connectivity index (χ2n) is 5.64. The lowest BCUT2D eigenvalue weighted by molar-refractivity contribution is 0.0955. The van der Waals surface area contributed by atoms with Gasteiger partial charge in [-0.05, 0) is 38.0 Å². The summed E-state index contributed by atoms with van der Waals surface area (Å²) in [5, 5.41) is 6.81. The number of aromatic nitrogens is 1. The average molecular weight is 346 g/mol. The van der Waals surface area contributed by atoms with E-state index in [1.54, 1.807) is 12.3 Å². The minimum atomic E-state index is -0.114. The molecule has 3 rings (SSSR count). The lowest BCUT2D eigenvalue weighted by atomic mass is 10.0. The zero-order valence-corrected chi connectivity index (χ0v) is 14.3. The topological polar surface area (TPSA) is 63.2 Å². The minimum Gasteiger partial charge on any atom is -0.492 e. The third kappa shape index (κ3) is 3.62. The molecule has 2 aromatic rings. The minimum absolute atomic E-state index is 0.0732. The molecule has 1 aromatic carbocycles. The van der Waals surface area contributed by atoms with Crippen molar-refractivity contribution >= 4 is 23.3 Å². The largest absolute Gasteiger partial charge is 0.492 e. The van der Waals surface area contributed by atoms with Crippen LogP contribution in [0.2, 0.25) is 5.02 Å². The van der Waals surface area contributed by atoms with Crippen LogP contribution in [0, 0.1) is 0 Å². The fraction of sp³-hybridized carbons (Fsp3) is 0.333. The number of nitrogens with one attached hydrogen (secondary N) is 2. The molecule has 0 spiro atoms. The van der Waals surface area contributed by atoms with E-state index < -0.39 is 0 Å². The van der Waals surface area contributed by atoms with Gasteiger partial charge in [-0.15, -0.1) is 0 Å². The lowest BCUT2D eigenvalue weighted by Crippen LogP contribution is -2.22. The van der Waals surface area contributed by atoms with E-state index in [1.807, 2.05) is 31.2 Å². The molecule has 0 radical (unpaired) electrons. The van der Waals surface area contributed by atoms with Crippen molar-refractivity contribution in [2.75, 3.05) is 18.5 Å². The molecule has 2 N–H and O–H groups in total. The fourth-order valence-corrected chi connectivity index (χ4v) is 3.01. The van der Waals surface area contributed by atoms with Gasteiger partial charge in [-0.25, -0.2) is 4.98 Å². The van der Waals surface area contributed by atoms with Crippen LogP contribution in [-0.4, -0.2) is 24.0 Å². The van der Waals surface area contributed by atoms with Crippen molar-refractivity contribution in [2.45, 2.75) is 25.8 Å². The molecule has 1 atom stereocenters. The molecule has 1 unspecified atom stereocenters. The molecule has 1 aromatic heterocycles. The number of nitrogens with zero attached hydrogens (tertiary/aromatic N) is 1. The highest BCUT2D eigenvalue weighted by molar-refractivity contribution is 6.32. The van der Waals surface area contributed by atoms with Crippen LogP contribution in [-0.2, 0) is 0 Å². The normalized spacial score (nSPS) is 16.5. The second kappa shape index (κ2) is 7.53. The first kappa shape index (κ1) is 16.6. The Morgan fingerprint density at radius 3 is 3.00 bits per heavy atom. The quantitative estimate of drug-likeness (QED) is 0.884. The molecule has 126 valence electrons. The number of carbonyl (C=O) groups is 1. The molecular formula is C18H20ClN3O2. The van der Waals surface area contributed by atoms with E-state index in [-0.39, 0.29) is 11.9 Å². The zero-order chi connectivity index (χ0) is 16.9. The van der Waals surface area contributed by atoms with Crippen LogP contribution in [0.25, 0.3) is 0 Å². The summed E-state index contributed by atoms with van der Waals surface area (Å²) >= 11 is 6.26. The Balaban J connectivity index is 1.79. The van der Waals surface area contributed by atoms with Crippen molar-refractivity contribution < 1.29 is 9.53 Å². The Bertz CT molecular complexity index is 719. The molecular weight excluding hydrogens is 326 g/mol. The Hall–Kier alpha value is -2.27. The van der Waals surface area contributed by atoms with Gasteiger partial charge in [-0.1, -0.05) is 23.7 Å². The van der Waals surface area contributed by atoms with E-state index in [0.29, 0.717) is 23.7 Å². The number of amides is 1. The molecule has 5 nitrogen and oxygen atoms in total. The van der Waals surface area contributed by atoms with Gasteiger partial charge in [0.2, 0.25) is 0 Å². The number of hydrogen-bond acceptors (Lipinski definition) is 4. The number of rotatable bonds is 4. The van der Waals surface area contributed by atoms with Gasteiger partial charge < -0.3 is 15.4 Å². The predicted octanol–water partition coefficient (Wildman–Crippen LogP) is 3.81. The van der Waals surface area contributed by atoms with Crippen molar-refractivity contribution in [1.82, 2.24) is 10.3 Å². The standard InChI is InChI=1S/C18H20ClN3O2/c1-2-20-18(23)12-8-9-16(21-11-12)22-15-7-4-10-24-17-13(15)5-3-6-14(17)19/h3,5-6,8-9,11,15H,2,4,7,10H2,1H3,(H,20,23)(H,21,22). The molecule has 2 heterocycles. The molecule has 0 saturated heterocycles. The number of para-hydroxylation sites is 1.